The van der Waals surface area contributed by atoms with E-state index in [9.17, 15) is 0 Å². The second kappa shape index (κ2) is 4.96. The molecule has 2 N–H and O–H groups in total. The van der Waals surface area contributed by atoms with Gasteiger partial charge in [0.15, 0.2) is 0 Å². The molecule has 0 atom stereocenters. The summed E-state index contributed by atoms with van der Waals surface area (Å²) in [6.07, 6.45) is 0. The molecule has 96 valence electrons. The summed E-state index contributed by atoms with van der Waals surface area (Å²) in [4.78, 5) is 2.20. The standard InChI is InChI=1S/C14H24N2O/c1-10-8-13(17-6)11(2)7-12(10)16(5)9-14(3,4)15/h7-8H,9,15H2,1-6H3. The molecule has 0 heterocycles. The summed E-state index contributed by atoms with van der Waals surface area (Å²) in [7, 11) is 3.77. The SMILES string of the molecule is COc1cc(C)c(N(C)CC(C)(C)N)cc1C. The van der Waals surface area contributed by atoms with Crippen LogP contribution in [0.4, 0.5) is 5.69 Å². The van der Waals surface area contributed by atoms with Crippen LogP contribution in [-0.4, -0.2) is 26.2 Å². The van der Waals surface area contributed by atoms with Gasteiger partial charge < -0.3 is 15.4 Å². The highest BCUT2D eigenvalue weighted by Crippen LogP contribution is 2.28. The van der Waals surface area contributed by atoms with Gasteiger partial charge in [0.25, 0.3) is 0 Å². The van der Waals surface area contributed by atoms with Crippen LogP contribution in [0.15, 0.2) is 12.1 Å². The molecule has 0 aliphatic rings. The Kier molecular flexibility index (Phi) is 4.04. The first kappa shape index (κ1) is 13.8. The Hall–Kier alpha value is -1.22. The third-order valence-corrected chi connectivity index (χ3v) is 2.77. The number of likely N-dealkylation sites (N-methyl/N-ethyl adjacent to an activating group) is 1. The van der Waals surface area contributed by atoms with E-state index in [2.05, 4.69) is 37.9 Å². The topological polar surface area (TPSA) is 38.5 Å². The summed E-state index contributed by atoms with van der Waals surface area (Å²) < 4.78 is 5.32. The Bertz CT molecular complexity index is 394. The summed E-state index contributed by atoms with van der Waals surface area (Å²) in [6, 6.07) is 4.23. The lowest BCUT2D eigenvalue weighted by molar-refractivity contribution is 0.411. The van der Waals surface area contributed by atoms with Gasteiger partial charge in [0.1, 0.15) is 5.75 Å². The molecule has 1 aromatic carbocycles. The predicted octanol–water partition coefficient (Wildman–Crippen LogP) is 2.49. The number of nitrogens with zero attached hydrogens (tertiary/aromatic N) is 1. The molecule has 0 amide bonds. The first-order valence-electron chi connectivity index (χ1n) is 5.90. The van der Waals surface area contributed by atoms with Gasteiger partial charge in [-0.2, -0.15) is 0 Å². The predicted molar refractivity (Wildman–Crippen MR) is 74.0 cm³/mol. The van der Waals surface area contributed by atoms with Gasteiger partial charge in [-0.15, -0.1) is 0 Å². The zero-order valence-electron chi connectivity index (χ0n) is 11.8. The number of ether oxygens (including phenoxy) is 1. The molecule has 0 saturated heterocycles. The summed E-state index contributed by atoms with van der Waals surface area (Å²) in [6.45, 7) is 9.05. The Morgan fingerprint density at radius 1 is 1.24 bits per heavy atom. The van der Waals surface area contributed by atoms with E-state index in [0.717, 1.165) is 17.9 Å². The number of anilines is 1. The first-order chi connectivity index (χ1) is 7.74. The minimum atomic E-state index is -0.199. The molecular formula is C14H24N2O. The van der Waals surface area contributed by atoms with E-state index in [1.165, 1.54) is 11.3 Å². The van der Waals surface area contributed by atoms with Crippen molar-refractivity contribution in [1.82, 2.24) is 0 Å². The van der Waals surface area contributed by atoms with Crippen molar-refractivity contribution >= 4 is 5.69 Å². The number of nitrogens with two attached hydrogens (primary N) is 1. The Labute approximate surface area is 105 Å². The van der Waals surface area contributed by atoms with E-state index in [0.29, 0.717) is 0 Å². The van der Waals surface area contributed by atoms with Crippen LogP contribution in [0, 0.1) is 13.8 Å². The Morgan fingerprint density at radius 2 is 1.82 bits per heavy atom. The lowest BCUT2D eigenvalue weighted by Gasteiger charge is -2.29. The zero-order chi connectivity index (χ0) is 13.2. The normalized spacial score (nSPS) is 11.5. The molecule has 0 bridgehead atoms. The van der Waals surface area contributed by atoms with E-state index < -0.39 is 0 Å². The van der Waals surface area contributed by atoms with Gasteiger partial charge in [-0.3, -0.25) is 0 Å². The Morgan fingerprint density at radius 3 is 2.29 bits per heavy atom. The van der Waals surface area contributed by atoms with Gasteiger partial charge in [-0.1, -0.05) is 0 Å². The van der Waals surface area contributed by atoms with E-state index in [1.54, 1.807) is 7.11 Å². The highest BCUT2D eigenvalue weighted by atomic mass is 16.5. The Balaban J connectivity index is 3.02. The van der Waals surface area contributed by atoms with Crippen LogP contribution in [-0.2, 0) is 0 Å². The van der Waals surface area contributed by atoms with Crippen molar-refractivity contribution in [3.63, 3.8) is 0 Å². The summed E-state index contributed by atoms with van der Waals surface area (Å²) >= 11 is 0. The number of aryl methyl sites for hydroxylation is 2. The largest absolute Gasteiger partial charge is 0.496 e. The molecule has 0 saturated carbocycles. The molecule has 0 spiro atoms. The first-order valence-corrected chi connectivity index (χ1v) is 5.90. The molecule has 0 aliphatic heterocycles. The smallest absolute Gasteiger partial charge is 0.122 e. The molecule has 0 radical (unpaired) electrons. The monoisotopic (exact) mass is 236 g/mol. The number of benzene rings is 1. The number of hydrogen-bond donors (Lipinski definition) is 1. The molecule has 3 heteroatoms. The van der Waals surface area contributed by atoms with E-state index in [1.807, 2.05) is 13.8 Å². The fraction of sp³-hybridized carbons (Fsp3) is 0.571. The lowest BCUT2D eigenvalue weighted by atomic mass is 10.0. The average molecular weight is 236 g/mol. The van der Waals surface area contributed by atoms with Crippen molar-refractivity contribution < 1.29 is 4.74 Å². The van der Waals surface area contributed by atoms with Crippen LogP contribution in [0.2, 0.25) is 0 Å². The molecule has 1 aromatic rings. The highest BCUT2D eigenvalue weighted by Gasteiger charge is 2.16. The molecule has 0 aromatic heterocycles. The molecule has 0 unspecified atom stereocenters. The third-order valence-electron chi connectivity index (χ3n) is 2.77. The minimum Gasteiger partial charge on any atom is -0.496 e. The van der Waals surface area contributed by atoms with Crippen molar-refractivity contribution in [2.75, 3.05) is 25.6 Å². The zero-order valence-corrected chi connectivity index (χ0v) is 11.8. The van der Waals surface area contributed by atoms with Gasteiger partial charge in [0.05, 0.1) is 7.11 Å². The molecule has 17 heavy (non-hydrogen) atoms. The van der Waals surface area contributed by atoms with Gasteiger partial charge in [0.2, 0.25) is 0 Å². The van der Waals surface area contributed by atoms with Crippen molar-refractivity contribution in [3.05, 3.63) is 23.3 Å². The van der Waals surface area contributed by atoms with Crippen LogP contribution in [0.5, 0.6) is 5.75 Å². The highest BCUT2D eigenvalue weighted by molar-refractivity contribution is 5.58. The maximum Gasteiger partial charge on any atom is 0.122 e. The summed E-state index contributed by atoms with van der Waals surface area (Å²) in [5, 5.41) is 0. The van der Waals surface area contributed by atoms with Crippen LogP contribution in [0.25, 0.3) is 0 Å². The molecule has 3 nitrogen and oxygen atoms in total. The maximum absolute atomic E-state index is 6.05. The number of hydrogen-bond acceptors (Lipinski definition) is 3. The van der Waals surface area contributed by atoms with Crippen LogP contribution < -0.4 is 15.4 Å². The van der Waals surface area contributed by atoms with Crippen molar-refractivity contribution in [1.29, 1.82) is 0 Å². The van der Waals surface area contributed by atoms with E-state index in [4.69, 9.17) is 10.5 Å². The van der Waals surface area contributed by atoms with Crippen molar-refractivity contribution in [2.24, 2.45) is 5.73 Å². The quantitative estimate of drug-likeness (QED) is 0.873. The summed E-state index contributed by atoms with van der Waals surface area (Å²) in [5.74, 6) is 0.937. The van der Waals surface area contributed by atoms with Gasteiger partial charge in [-0.25, -0.2) is 0 Å². The van der Waals surface area contributed by atoms with Crippen LogP contribution in [0.3, 0.4) is 0 Å². The number of rotatable bonds is 4. The summed E-state index contributed by atoms with van der Waals surface area (Å²) in [5.41, 5.74) is 9.42. The minimum absolute atomic E-state index is 0.199. The molecule has 1 rings (SSSR count). The average Bonchev–Trinajstić information content (AvgIpc) is 2.18. The van der Waals surface area contributed by atoms with Crippen molar-refractivity contribution in [3.8, 4) is 5.75 Å². The third kappa shape index (κ3) is 3.63. The van der Waals surface area contributed by atoms with Crippen molar-refractivity contribution in [2.45, 2.75) is 33.2 Å². The van der Waals surface area contributed by atoms with Gasteiger partial charge >= 0.3 is 0 Å². The second-order valence-electron chi connectivity index (χ2n) is 5.45. The fourth-order valence-electron chi connectivity index (χ4n) is 2.10. The van der Waals surface area contributed by atoms with Gasteiger partial charge in [-0.05, 0) is 51.0 Å². The van der Waals surface area contributed by atoms with Crippen LogP contribution in [0.1, 0.15) is 25.0 Å². The van der Waals surface area contributed by atoms with Gasteiger partial charge in [0, 0.05) is 24.8 Å². The molecule has 0 aliphatic carbocycles. The van der Waals surface area contributed by atoms with E-state index in [-0.39, 0.29) is 5.54 Å². The molecule has 0 fully saturated rings. The maximum atomic E-state index is 6.05. The van der Waals surface area contributed by atoms with Crippen LogP contribution >= 0.6 is 0 Å². The molecular weight excluding hydrogens is 212 g/mol. The second-order valence-corrected chi connectivity index (χ2v) is 5.45. The fourth-order valence-corrected chi connectivity index (χ4v) is 2.10. The lowest BCUT2D eigenvalue weighted by Crippen LogP contribution is -2.44. The van der Waals surface area contributed by atoms with E-state index >= 15 is 0 Å². The number of methoxy groups -OCH3 is 1.